The number of imidazole rings is 1. The molecular formula is C30H43FN5O4PS. The van der Waals surface area contributed by atoms with E-state index in [4.69, 9.17) is 15.0 Å². The third-order valence-electron chi connectivity index (χ3n) is 6.59. The van der Waals surface area contributed by atoms with Crippen LogP contribution < -0.4 is 5.73 Å². The summed E-state index contributed by atoms with van der Waals surface area (Å²) in [5.41, 5.74) is 7.78. The van der Waals surface area contributed by atoms with E-state index in [1.807, 2.05) is 6.92 Å². The number of hydrogen-bond donors (Lipinski definition) is 2. The van der Waals surface area contributed by atoms with E-state index in [0.29, 0.717) is 29.3 Å². The monoisotopic (exact) mass is 619 g/mol. The summed E-state index contributed by atoms with van der Waals surface area (Å²) in [6.07, 6.45) is 14.1. The molecule has 9 nitrogen and oxygen atoms in total. The molecule has 0 amide bonds. The zero-order valence-corrected chi connectivity index (χ0v) is 26.1. The Bertz CT molecular complexity index is 1310. The molecule has 0 aliphatic carbocycles. The molecule has 1 unspecified atom stereocenters. The molecule has 12 heteroatoms. The minimum absolute atomic E-state index is 0.219. The van der Waals surface area contributed by atoms with E-state index in [1.54, 1.807) is 34.8 Å². The van der Waals surface area contributed by atoms with Crippen molar-refractivity contribution in [3.8, 4) is 11.8 Å². The number of unbranched alkanes of at least 4 members (excludes halogenated alkanes) is 9. The van der Waals surface area contributed by atoms with Gasteiger partial charge in [-0.1, -0.05) is 56.8 Å². The van der Waals surface area contributed by atoms with Gasteiger partial charge in [0.25, 0.3) is 0 Å². The number of benzene rings is 1. The fourth-order valence-electron chi connectivity index (χ4n) is 4.31. The summed E-state index contributed by atoms with van der Waals surface area (Å²) in [7, 11) is -3.82. The van der Waals surface area contributed by atoms with Crippen molar-refractivity contribution in [3.05, 3.63) is 48.3 Å². The van der Waals surface area contributed by atoms with Crippen LogP contribution in [-0.2, 0) is 20.4 Å². The molecule has 0 bridgehead atoms. The molecule has 3 aromatic rings. The highest BCUT2D eigenvalue weighted by molar-refractivity contribution is 7.99. The van der Waals surface area contributed by atoms with Gasteiger partial charge in [0.05, 0.1) is 25.6 Å². The lowest BCUT2D eigenvalue weighted by atomic mass is 10.1. The van der Waals surface area contributed by atoms with Crippen LogP contribution in [0, 0.1) is 17.7 Å². The fraction of sp³-hybridized carbons (Fsp3) is 0.567. The van der Waals surface area contributed by atoms with E-state index in [1.165, 1.54) is 63.4 Å². The smallest absolute Gasteiger partial charge is 0.353 e. The molecule has 0 aliphatic rings. The summed E-state index contributed by atoms with van der Waals surface area (Å²) >= 11 is 1.75. The van der Waals surface area contributed by atoms with Crippen LogP contribution in [0.3, 0.4) is 0 Å². The number of nitrogens with zero attached hydrogens (tertiary/aromatic N) is 4. The van der Waals surface area contributed by atoms with Crippen molar-refractivity contribution in [2.75, 3.05) is 30.2 Å². The van der Waals surface area contributed by atoms with Crippen molar-refractivity contribution >= 4 is 36.3 Å². The second kappa shape index (κ2) is 18.9. The Morgan fingerprint density at radius 3 is 2.45 bits per heavy atom. The Morgan fingerprint density at radius 1 is 1.02 bits per heavy atom. The Kier molecular flexibility index (Phi) is 15.3. The number of aromatic nitrogens is 4. The van der Waals surface area contributed by atoms with Gasteiger partial charge in [-0.2, -0.15) is 11.8 Å². The van der Waals surface area contributed by atoms with Crippen molar-refractivity contribution in [2.24, 2.45) is 0 Å². The molecule has 2 atom stereocenters. The van der Waals surface area contributed by atoms with Gasteiger partial charge >= 0.3 is 7.60 Å². The van der Waals surface area contributed by atoms with E-state index in [-0.39, 0.29) is 24.9 Å². The predicted molar refractivity (Wildman–Crippen MR) is 168 cm³/mol. The minimum atomic E-state index is -3.82. The second-order valence-corrected chi connectivity index (χ2v) is 13.3. The van der Waals surface area contributed by atoms with Crippen LogP contribution in [-0.4, -0.2) is 55.0 Å². The summed E-state index contributed by atoms with van der Waals surface area (Å²) in [5.74, 6) is 8.03. The van der Waals surface area contributed by atoms with Crippen LogP contribution in [0.1, 0.15) is 76.7 Å². The van der Waals surface area contributed by atoms with Gasteiger partial charge in [0.2, 0.25) is 0 Å². The SMILES string of the molecule is C[C@H](Cn1cnc2c(N)ncnc21)OCP(=O)(O)OCCSCCCCCCCCCCCC#Cc1ccc(F)cc1. The molecule has 3 N–H and O–H groups in total. The topological polar surface area (TPSA) is 125 Å². The van der Waals surface area contributed by atoms with Crippen molar-refractivity contribution < 1.29 is 23.1 Å². The van der Waals surface area contributed by atoms with Crippen molar-refractivity contribution in [1.29, 1.82) is 0 Å². The molecule has 1 aromatic carbocycles. The van der Waals surface area contributed by atoms with Gasteiger partial charge in [0.1, 0.15) is 24.0 Å². The molecule has 0 aliphatic heterocycles. The number of thioether (sulfide) groups is 1. The Labute approximate surface area is 252 Å². The lowest BCUT2D eigenvalue weighted by molar-refractivity contribution is 0.0724. The third-order valence-corrected chi connectivity index (χ3v) is 8.69. The summed E-state index contributed by atoms with van der Waals surface area (Å²) in [6, 6.07) is 6.31. The number of nitrogens with two attached hydrogens (primary N) is 1. The van der Waals surface area contributed by atoms with Gasteiger partial charge < -0.3 is 24.5 Å². The largest absolute Gasteiger partial charge is 0.382 e. The lowest BCUT2D eigenvalue weighted by Crippen LogP contribution is -2.17. The van der Waals surface area contributed by atoms with E-state index >= 15 is 0 Å². The highest BCUT2D eigenvalue weighted by Crippen LogP contribution is 2.42. The van der Waals surface area contributed by atoms with Gasteiger partial charge in [-0.05, 0) is 49.8 Å². The number of ether oxygens (including phenoxy) is 1. The number of halogens is 1. The van der Waals surface area contributed by atoms with Gasteiger partial charge in [-0.25, -0.2) is 19.3 Å². The quantitative estimate of drug-likeness (QED) is 0.0798. The zero-order chi connectivity index (χ0) is 30.0. The molecule has 3 rings (SSSR count). The molecule has 42 heavy (non-hydrogen) atoms. The number of fused-ring (bicyclic) bond motifs is 1. The molecule has 0 saturated heterocycles. The number of anilines is 1. The minimum Gasteiger partial charge on any atom is -0.382 e. The second-order valence-electron chi connectivity index (χ2n) is 10.3. The van der Waals surface area contributed by atoms with E-state index in [9.17, 15) is 13.8 Å². The van der Waals surface area contributed by atoms with Crippen LogP contribution >= 0.6 is 19.4 Å². The van der Waals surface area contributed by atoms with Crippen LogP contribution in [0.4, 0.5) is 10.2 Å². The van der Waals surface area contributed by atoms with Crippen LogP contribution in [0.2, 0.25) is 0 Å². The highest BCUT2D eigenvalue weighted by atomic mass is 32.2. The first-order valence-corrected chi connectivity index (χ1v) is 17.6. The van der Waals surface area contributed by atoms with Crippen molar-refractivity contribution in [3.63, 3.8) is 0 Å². The number of nitrogen functional groups attached to an aromatic ring is 1. The summed E-state index contributed by atoms with van der Waals surface area (Å²) in [4.78, 5) is 22.4. The predicted octanol–water partition coefficient (Wildman–Crippen LogP) is 6.80. The van der Waals surface area contributed by atoms with E-state index in [0.717, 1.165) is 30.6 Å². The maximum Gasteiger partial charge on any atom is 0.353 e. The van der Waals surface area contributed by atoms with Crippen LogP contribution in [0.25, 0.3) is 11.2 Å². The van der Waals surface area contributed by atoms with Crippen LogP contribution in [0.15, 0.2) is 36.9 Å². The first kappa shape index (κ1) is 34.0. The van der Waals surface area contributed by atoms with E-state index in [2.05, 4.69) is 26.8 Å². The van der Waals surface area contributed by atoms with Gasteiger partial charge in [-0.15, -0.1) is 0 Å². The van der Waals surface area contributed by atoms with Gasteiger partial charge in [0, 0.05) is 17.7 Å². The highest BCUT2D eigenvalue weighted by Gasteiger charge is 2.21. The summed E-state index contributed by atoms with van der Waals surface area (Å²) in [5, 5.41) is 0. The number of rotatable bonds is 20. The summed E-state index contributed by atoms with van der Waals surface area (Å²) in [6.45, 7) is 2.43. The number of hydrogen-bond acceptors (Lipinski definition) is 8. The molecule has 230 valence electrons. The average molecular weight is 620 g/mol. The Balaban J connectivity index is 1.10. The van der Waals surface area contributed by atoms with Gasteiger partial charge in [0.15, 0.2) is 11.5 Å². The lowest BCUT2D eigenvalue weighted by Gasteiger charge is -2.17. The van der Waals surface area contributed by atoms with Gasteiger partial charge in [-0.3, -0.25) is 4.57 Å². The summed E-state index contributed by atoms with van der Waals surface area (Å²) < 4.78 is 37.8. The van der Waals surface area contributed by atoms with Crippen molar-refractivity contribution in [1.82, 2.24) is 19.5 Å². The van der Waals surface area contributed by atoms with E-state index < -0.39 is 7.60 Å². The van der Waals surface area contributed by atoms with Crippen LogP contribution in [0.5, 0.6) is 0 Å². The average Bonchev–Trinajstić information content (AvgIpc) is 3.38. The standard InChI is InChI=1S/C30H43FN5O4PS/c1-25(21-36-23-35-28-29(32)33-22-34-30(28)36)39-24-41(37,38)40-18-20-42-19-12-10-8-6-4-2-3-5-7-9-11-13-26-14-16-27(31)17-15-26/h14-17,22-23,25H,2-10,12,18-21,24H2,1H3,(H,37,38)(H2,32,33,34)/t25-/m1/s1. The molecular weight excluding hydrogens is 576 g/mol. The maximum absolute atomic E-state index is 12.9. The zero-order valence-electron chi connectivity index (χ0n) is 24.4. The molecule has 0 saturated carbocycles. The molecule has 2 heterocycles. The Hall–Kier alpha value is -2.48. The molecule has 0 radical (unpaired) electrons. The first-order valence-electron chi connectivity index (χ1n) is 14.7. The fourth-order valence-corrected chi connectivity index (χ4v) is 6.15. The third kappa shape index (κ3) is 13.2. The Morgan fingerprint density at radius 2 is 1.71 bits per heavy atom. The normalized spacial score (nSPS) is 13.5. The molecule has 2 aromatic heterocycles. The first-order chi connectivity index (χ1) is 20.3. The molecule has 0 spiro atoms. The van der Waals surface area contributed by atoms with Crippen molar-refractivity contribution in [2.45, 2.75) is 83.8 Å². The molecule has 0 fully saturated rings. The maximum atomic E-state index is 12.9.